The number of aromatic amines is 1. The second-order valence-electron chi connectivity index (χ2n) is 4.63. The molecule has 2 heterocycles. The zero-order chi connectivity index (χ0) is 13.5. The van der Waals surface area contributed by atoms with Crippen LogP contribution in [0.5, 0.6) is 0 Å². The number of imidazole rings is 1. The SMILES string of the molecule is Clc1ccc2nc(-c3cccc4cccnc34)[nH]c2c1. The molecule has 0 atom stereocenters. The highest BCUT2D eigenvalue weighted by atomic mass is 35.5. The second kappa shape index (κ2) is 4.32. The van der Waals surface area contributed by atoms with Crippen molar-refractivity contribution in [1.29, 1.82) is 0 Å². The van der Waals surface area contributed by atoms with Gasteiger partial charge >= 0.3 is 0 Å². The molecule has 0 saturated carbocycles. The molecule has 0 aliphatic heterocycles. The fourth-order valence-electron chi connectivity index (χ4n) is 2.40. The maximum atomic E-state index is 6.01. The molecule has 0 spiro atoms. The van der Waals surface area contributed by atoms with E-state index in [4.69, 9.17) is 11.6 Å². The van der Waals surface area contributed by atoms with Gasteiger partial charge in [-0.1, -0.05) is 29.8 Å². The van der Waals surface area contributed by atoms with Crippen molar-refractivity contribution < 1.29 is 0 Å². The van der Waals surface area contributed by atoms with Crippen LogP contribution in [0.4, 0.5) is 0 Å². The number of aromatic nitrogens is 3. The number of rotatable bonds is 1. The van der Waals surface area contributed by atoms with E-state index in [1.807, 2.05) is 48.5 Å². The van der Waals surface area contributed by atoms with Crippen molar-refractivity contribution in [2.45, 2.75) is 0 Å². The first-order valence-corrected chi connectivity index (χ1v) is 6.68. The Morgan fingerprint density at radius 1 is 1.00 bits per heavy atom. The number of benzene rings is 2. The molecule has 0 aliphatic carbocycles. The molecule has 20 heavy (non-hydrogen) atoms. The summed E-state index contributed by atoms with van der Waals surface area (Å²) >= 11 is 6.01. The highest BCUT2D eigenvalue weighted by molar-refractivity contribution is 6.31. The Morgan fingerprint density at radius 2 is 1.90 bits per heavy atom. The predicted octanol–water partition coefficient (Wildman–Crippen LogP) is 4.43. The molecule has 0 aliphatic rings. The van der Waals surface area contributed by atoms with Gasteiger partial charge in [0.25, 0.3) is 0 Å². The van der Waals surface area contributed by atoms with Gasteiger partial charge in [-0.05, 0) is 30.3 Å². The standard InChI is InChI=1S/C16H10ClN3/c17-11-6-7-13-14(9-11)20-16(19-13)12-5-1-3-10-4-2-8-18-15(10)12/h1-9H,(H,19,20). The van der Waals surface area contributed by atoms with Crippen molar-refractivity contribution in [2.75, 3.05) is 0 Å². The normalized spacial score (nSPS) is 11.2. The molecule has 4 heteroatoms. The number of pyridine rings is 1. The van der Waals surface area contributed by atoms with E-state index in [0.717, 1.165) is 33.3 Å². The van der Waals surface area contributed by atoms with Crippen molar-refractivity contribution in [1.82, 2.24) is 15.0 Å². The lowest BCUT2D eigenvalue weighted by Gasteiger charge is -2.01. The summed E-state index contributed by atoms with van der Waals surface area (Å²) in [7, 11) is 0. The molecule has 0 amide bonds. The van der Waals surface area contributed by atoms with Crippen LogP contribution >= 0.6 is 11.6 Å². The van der Waals surface area contributed by atoms with E-state index in [2.05, 4.69) is 15.0 Å². The maximum Gasteiger partial charge on any atom is 0.140 e. The first-order valence-electron chi connectivity index (χ1n) is 6.31. The minimum atomic E-state index is 0.698. The maximum absolute atomic E-state index is 6.01. The Morgan fingerprint density at radius 3 is 2.85 bits per heavy atom. The summed E-state index contributed by atoms with van der Waals surface area (Å²) < 4.78 is 0. The molecule has 4 aromatic rings. The zero-order valence-electron chi connectivity index (χ0n) is 10.5. The number of hydrogen-bond donors (Lipinski definition) is 1. The van der Waals surface area contributed by atoms with E-state index >= 15 is 0 Å². The largest absolute Gasteiger partial charge is 0.338 e. The quantitative estimate of drug-likeness (QED) is 0.560. The lowest BCUT2D eigenvalue weighted by atomic mass is 10.1. The zero-order valence-corrected chi connectivity index (χ0v) is 11.2. The number of H-pyrrole nitrogens is 1. The third-order valence-corrected chi connectivity index (χ3v) is 3.57. The van der Waals surface area contributed by atoms with Gasteiger partial charge in [0.1, 0.15) is 5.82 Å². The van der Waals surface area contributed by atoms with Crippen LogP contribution in [-0.4, -0.2) is 15.0 Å². The highest BCUT2D eigenvalue weighted by Gasteiger charge is 2.09. The number of nitrogens with one attached hydrogen (secondary N) is 1. The molecule has 0 radical (unpaired) electrons. The Labute approximate surface area is 120 Å². The molecular formula is C16H10ClN3. The lowest BCUT2D eigenvalue weighted by Crippen LogP contribution is -1.85. The summed E-state index contributed by atoms with van der Waals surface area (Å²) in [5, 5.41) is 1.80. The van der Waals surface area contributed by atoms with Crippen LogP contribution in [0.25, 0.3) is 33.3 Å². The van der Waals surface area contributed by atoms with E-state index in [-0.39, 0.29) is 0 Å². The van der Waals surface area contributed by atoms with Gasteiger partial charge in [-0.15, -0.1) is 0 Å². The molecular weight excluding hydrogens is 270 g/mol. The average Bonchev–Trinajstić information content (AvgIpc) is 2.89. The van der Waals surface area contributed by atoms with E-state index in [1.165, 1.54) is 0 Å². The van der Waals surface area contributed by atoms with Crippen LogP contribution in [0, 0.1) is 0 Å². The van der Waals surface area contributed by atoms with Crippen molar-refractivity contribution in [2.24, 2.45) is 0 Å². The summed E-state index contributed by atoms with van der Waals surface area (Å²) in [6.45, 7) is 0. The number of para-hydroxylation sites is 1. The minimum Gasteiger partial charge on any atom is -0.338 e. The Hall–Kier alpha value is -2.39. The molecule has 4 rings (SSSR count). The number of nitrogens with zero attached hydrogens (tertiary/aromatic N) is 2. The molecule has 0 fully saturated rings. The number of halogens is 1. The van der Waals surface area contributed by atoms with Gasteiger partial charge in [0.05, 0.1) is 16.6 Å². The Balaban J connectivity index is 2.01. The van der Waals surface area contributed by atoms with Crippen LogP contribution in [-0.2, 0) is 0 Å². The molecule has 2 aromatic carbocycles. The molecule has 0 saturated heterocycles. The van der Waals surface area contributed by atoms with Crippen LogP contribution < -0.4 is 0 Å². The van der Waals surface area contributed by atoms with E-state index in [0.29, 0.717) is 5.02 Å². The summed E-state index contributed by atoms with van der Waals surface area (Å²) in [4.78, 5) is 12.4. The molecule has 96 valence electrons. The van der Waals surface area contributed by atoms with Crippen molar-refractivity contribution >= 4 is 33.5 Å². The Kier molecular flexibility index (Phi) is 2.47. The topological polar surface area (TPSA) is 41.6 Å². The van der Waals surface area contributed by atoms with Crippen molar-refractivity contribution in [3.8, 4) is 11.4 Å². The third kappa shape index (κ3) is 1.75. The second-order valence-corrected chi connectivity index (χ2v) is 5.06. The van der Waals surface area contributed by atoms with Crippen molar-refractivity contribution in [3.05, 3.63) is 59.8 Å². The summed E-state index contributed by atoms with van der Waals surface area (Å²) in [6.07, 6.45) is 1.80. The van der Waals surface area contributed by atoms with Gasteiger partial charge in [-0.25, -0.2) is 4.98 Å². The summed E-state index contributed by atoms with van der Waals surface area (Å²) in [5.74, 6) is 0.812. The first-order chi connectivity index (χ1) is 9.81. The fourth-order valence-corrected chi connectivity index (χ4v) is 2.58. The lowest BCUT2D eigenvalue weighted by molar-refractivity contribution is 1.32. The molecule has 2 aromatic heterocycles. The van der Waals surface area contributed by atoms with E-state index in [1.54, 1.807) is 6.20 Å². The van der Waals surface area contributed by atoms with Crippen LogP contribution in [0.15, 0.2) is 54.7 Å². The first kappa shape index (κ1) is 11.4. The number of fused-ring (bicyclic) bond motifs is 2. The Bertz CT molecular complexity index is 922. The summed E-state index contributed by atoms with van der Waals surface area (Å²) in [6, 6.07) is 15.7. The van der Waals surface area contributed by atoms with Crippen molar-refractivity contribution in [3.63, 3.8) is 0 Å². The average molecular weight is 280 g/mol. The van der Waals surface area contributed by atoms with Gasteiger partial charge in [0.15, 0.2) is 0 Å². The summed E-state index contributed by atoms with van der Waals surface area (Å²) in [5.41, 5.74) is 3.77. The monoisotopic (exact) mass is 279 g/mol. The van der Waals surface area contributed by atoms with Crippen LogP contribution in [0.3, 0.4) is 0 Å². The molecule has 1 N–H and O–H groups in total. The predicted molar refractivity (Wildman–Crippen MR) is 81.8 cm³/mol. The van der Waals surface area contributed by atoms with Crippen LogP contribution in [0.1, 0.15) is 0 Å². The molecule has 3 nitrogen and oxygen atoms in total. The van der Waals surface area contributed by atoms with Crippen LogP contribution in [0.2, 0.25) is 5.02 Å². The van der Waals surface area contributed by atoms with Gasteiger partial charge in [-0.2, -0.15) is 0 Å². The highest BCUT2D eigenvalue weighted by Crippen LogP contribution is 2.27. The smallest absolute Gasteiger partial charge is 0.140 e. The number of hydrogen-bond acceptors (Lipinski definition) is 2. The van der Waals surface area contributed by atoms with Gasteiger partial charge in [0, 0.05) is 22.2 Å². The van der Waals surface area contributed by atoms with Gasteiger partial charge in [0.2, 0.25) is 0 Å². The third-order valence-electron chi connectivity index (χ3n) is 3.33. The van der Waals surface area contributed by atoms with E-state index < -0.39 is 0 Å². The minimum absolute atomic E-state index is 0.698. The molecule has 0 unspecified atom stereocenters. The van der Waals surface area contributed by atoms with Gasteiger partial charge < -0.3 is 4.98 Å². The fraction of sp³-hybridized carbons (Fsp3) is 0. The van der Waals surface area contributed by atoms with E-state index in [9.17, 15) is 0 Å². The molecule has 0 bridgehead atoms. The van der Waals surface area contributed by atoms with Gasteiger partial charge in [-0.3, -0.25) is 4.98 Å².